The fraction of sp³-hybridized carbons (Fsp3) is 0.167. The van der Waals surface area contributed by atoms with Gasteiger partial charge in [-0.15, -0.1) is 11.3 Å². The average molecular weight is 428 g/mol. The number of rotatable bonds is 7. The van der Waals surface area contributed by atoms with Gasteiger partial charge in [0, 0.05) is 0 Å². The number of ether oxygens (including phenoxy) is 1. The van der Waals surface area contributed by atoms with E-state index in [1.165, 1.54) is 29.4 Å². The highest BCUT2D eigenvalue weighted by atomic mass is 32.2. The first-order valence-electron chi connectivity index (χ1n) is 8.53. The maximum absolute atomic E-state index is 13.0. The number of carbonyl (C=O) groups is 1. The summed E-state index contributed by atoms with van der Waals surface area (Å²) in [6.45, 7) is 0.322. The molecule has 0 bridgehead atoms. The highest BCUT2D eigenvalue weighted by Crippen LogP contribution is 2.22. The van der Waals surface area contributed by atoms with Gasteiger partial charge in [0.05, 0.1) is 24.9 Å². The lowest BCUT2D eigenvalue weighted by molar-refractivity contribution is -0.113. The van der Waals surface area contributed by atoms with Crippen molar-refractivity contribution in [2.24, 2.45) is 0 Å². The number of fused-ring (bicyclic) bond motifs is 1. The number of aromatic amines is 1. The lowest BCUT2D eigenvalue weighted by Gasteiger charge is -2.12. The maximum atomic E-state index is 13.0. The lowest BCUT2D eigenvalue weighted by Crippen LogP contribution is -2.24. The van der Waals surface area contributed by atoms with E-state index in [4.69, 9.17) is 4.74 Å². The zero-order valence-electron chi connectivity index (χ0n) is 15.3. The smallest absolute Gasteiger partial charge is 0.272 e. The molecule has 1 aromatic carbocycles. The number of thiophene rings is 1. The van der Waals surface area contributed by atoms with E-state index in [0.29, 0.717) is 27.7 Å². The van der Waals surface area contributed by atoms with Crippen LogP contribution in [0.15, 0.2) is 52.0 Å². The lowest BCUT2D eigenvalue weighted by atomic mass is 10.2. The molecule has 0 radical (unpaired) electrons. The van der Waals surface area contributed by atoms with E-state index in [0.717, 1.165) is 5.56 Å². The molecular weight excluding hydrogens is 412 g/mol. The fourth-order valence-corrected chi connectivity index (χ4v) is 4.27. The van der Waals surface area contributed by atoms with Crippen molar-refractivity contribution in [1.29, 1.82) is 0 Å². The highest BCUT2D eigenvalue weighted by Gasteiger charge is 2.15. The van der Waals surface area contributed by atoms with Crippen LogP contribution in [0.25, 0.3) is 10.2 Å². The Kier molecular flexibility index (Phi) is 5.58. The second-order valence-electron chi connectivity index (χ2n) is 5.94. The normalized spacial score (nSPS) is 10.9. The Balaban J connectivity index is 1.62. The third-order valence-electron chi connectivity index (χ3n) is 4.01. The molecule has 11 heteroatoms. The van der Waals surface area contributed by atoms with Crippen LogP contribution < -0.4 is 15.6 Å². The molecule has 0 saturated carbocycles. The molecule has 0 aliphatic heterocycles. The SMILES string of the molecule is COc1cccc(Cn2c(SCC(=O)Nc3ncn[nH]3)nc3ccsc3c2=O)c1. The molecule has 148 valence electrons. The number of H-pyrrole nitrogens is 1. The zero-order valence-corrected chi connectivity index (χ0v) is 16.9. The summed E-state index contributed by atoms with van der Waals surface area (Å²) in [5, 5.41) is 11.2. The Hall–Kier alpha value is -3.18. The van der Waals surface area contributed by atoms with Crippen LogP contribution in [0.2, 0.25) is 0 Å². The Labute approximate surface area is 173 Å². The monoisotopic (exact) mass is 428 g/mol. The first kappa shape index (κ1) is 19.2. The molecule has 0 atom stereocenters. The Bertz CT molecular complexity index is 1200. The first-order valence-corrected chi connectivity index (χ1v) is 10.4. The van der Waals surface area contributed by atoms with Crippen molar-refractivity contribution in [3.05, 3.63) is 58.0 Å². The van der Waals surface area contributed by atoms with Crippen molar-refractivity contribution in [2.45, 2.75) is 11.7 Å². The van der Waals surface area contributed by atoms with Crippen LogP contribution in [0.3, 0.4) is 0 Å². The summed E-state index contributed by atoms with van der Waals surface area (Å²) < 4.78 is 7.44. The van der Waals surface area contributed by atoms with E-state index >= 15 is 0 Å². The predicted molar refractivity (Wildman–Crippen MR) is 112 cm³/mol. The fourth-order valence-electron chi connectivity index (χ4n) is 2.69. The number of anilines is 1. The van der Waals surface area contributed by atoms with Gasteiger partial charge in [-0.3, -0.25) is 19.5 Å². The maximum Gasteiger partial charge on any atom is 0.272 e. The standard InChI is InChI=1S/C18H16N6O3S2/c1-27-12-4-2-3-11(7-12)8-24-16(26)15-13(5-6-28-15)21-18(24)29-9-14(25)22-17-19-10-20-23-17/h2-7,10H,8-9H2,1H3,(H2,19,20,22,23,25). The number of benzene rings is 1. The van der Waals surface area contributed by atoms with Crippen molar-refractivity contribution in [3.8, 4) is 5.75 Å². The van der Waals surface area contributed by atoms with Crippen LogP contribution in [0, 0.1) is 0 Å². The average Bonchev–Trinajstić information content (AvgIpc) is 3.41. The Morgan fingerprint density at radius 1 is 1.38 bits per heavy atom. The van der Waals surface area contributed by atoms with E-state index in [1.54, 1.807) is 17.7 Å². The quantitative estimate of drug-likeness (QED) is 0.343. The molecule has 9 nitrogen and oxygen atoms in total. The Morgan fingerprint density at radius 2 is 2.28 bits per heavy atom. The third kappa shape index (κ3) is 4.30. The summed E-state index contributed by atoms with van der Waals surface area (Å²) in [4.78, 5) is 33.7. The molecule has 0 unspecified atom stereocenters. The number of nitrogens with one attached hydrogen (secondary N) is 2. The van der Waals surface area contributed by atoms with Crippen molar-refractivity contribution in [2.75, 3.05) is 18.2 Å². The number of nitrogens with zero attached hydrogens (tertiary/aromatic N) is 4. The number of amides is 1. The minimum Gasteiger partial charge on any atom is -0.497 e. The second-order valence-corrected chi connectivity index (χ2v) is 7.80. The van der Waals surface area contributed by atoms with E-state index < -0.39 is 0 Å². The molecular formula is C18H16N6O3S2. The van der Waals surface area contributed by atoms with Crippen LogP contribution in [-0.2, 0) is 11.3 Å². The van der Waals surface area contributed by atoms with Gasteiger partial charge in [0.1, 0.15) is 16.8 Å². The van der Waals surface area contributed by atoms with E-state index in [-0.39, 0.29) is 23.2 Å². The Morgan fingerprint density at radius 3 is 3.07 bits per heavy atom. The van der Waals surface area contributed by atoms with Gasteiger partial charge in [-0.05, 0) is 29.1 Å². The van der Waals surface area contributed by atoms with Crippen molar-refractivity contribution in [3.63, 3.8) is 0 Å². The van der Waals surface area contributed by atoms with Gasteiger partial charge in [0.2, 0.25) is 11.9 Å². The van der Waals surface area contributed by atoms with Crippen LogP contribution in [0.1, 0.15) is 5.56 Å². The molecule has 1 amide bonds. The van der Waals surface area contributed by atoms with Crippen molar-refractivity contribution >= 4 is 45.2 Å². The molecule has 3 aromatic heterocycles. The molecule has 0 spiro atoms. The summed E-state index contributed by atoms with van der Waals surface area (Å²) in [5.74, 6) is 0.771. The number of hydrogen-bond acceptors (Lipinski definition) is 8. The second kappa shape index (κ2) is 8.45. The van der Waals surface area contributed by atoms with Gasteiger partial charge in [0.15, 0.2) is 5.16 Å². The van der Waals surface area contributed by atoms with E-state index in [1.807, 2.05) is 29.6 Å². The predicted octanol–water partition coefficient (Wildman–Crippen LogP) is 2.36. The summed E-state index contributed by atoms with van der Waals surface area (Å²) in [5.41, 5.74) is 1.39. The van der Waals surface area contributed by atoms with Gasteiger partial charge in [-0.25, -0.2) is 10.1 Å². The van der Waals surface area contributed by atoms with E-state index in [9.17, 15) is 9.59 Å². The van der Waals surface area contributed by atoms with Gasteiger partial charge < -0.3 is 4.74 Å². The molecule has 0 aliphatic rings. The van der Waals surface area contributed by atoms with Crippen LogP contribution >= 0.6 is 23.1 Å². The molecule has 2 N–H and O–H groups in total. The van der Waals surface area contributed by atoms with Crippen LogP contribution in [0.5, 0.6) is 5.75 Å². The summed E-state index contributed by atoms with van der Waals surface area (Å²) in [6, 6.07) is 9.30. The molecule has 0 aliphatic carbocycles. The van der Waals surface area contributed by atoms with Crippen LogP contribution in [0.4, 0.5) is 5.95 Å². The molecule has 3 heterocycles. The highest BCUT2D eigenvalue weighted by molar-refractivity contribution is 7.99. The number of aromatic nitrogens is 5. The number of carbonyl (C=O) groups excluding carboxylic acids is 1. The van der Waals surface area contributed by atoms with Gasteiger partial charge in [-0.1, -0.05) is 23.9 Å². The topological polar surface area (TPSA) is 115 Å². The summed E-state index contributed by atoms with van der Waals surface area (Å²) in [7, 11) is 1.60. The molecule has 29 heavy (non-hydrogen) atoms. The molecule has 0 fully saturated rings. The van der Waals surface area contributed by atoms with Crippen LogP contribution in [-0.4, -0.2) is 43.5 Å². The zero-order chi connectivity index (χ0) is 20.2. The molecule has 4 aromatic rings. The van der Waals surface area contributed by atoms with Crippen molar-refractivity contribution in [1.82, 2.24) is 24.7 Å². The van der Waals surface area contributed by atoms with Gasteiger partial charge >= 0.3 is 0 Å². The summed E-state index contributed by atoms with van der Waals surface area (Å²) >= 11 is 2.54. The molecule has 0 saturated heterocycles. The first-order chi connectivity index (χ1) is 14.1. The largest absolute Gasteiger partial charge is 0.497 e. The minimum atomic E-state index is -0.278. The van der Waals surface area contributed by atoms with Gasteiger partial charge in [0.25, 0.3) is 5.56 Å². The molecule has 4 rings (SSSR count). The van der Waals surface area contributed by atoms with E-state index in [2.05, 4.69) is 25.5 Å². The van der Waals surface area contributed by atoms with Crippen molar-refractivity contribution < 1.29 is 9.53 Å². The summed E-state index contributed by atoms with van der Waals surface area (Å²) in [6.07, 6.45) is 1.31. The van der Waals surface area contributed by atoms with Gasteiger partial charge in [-0.2, -0.15) is 10.1 Å². The minimum absolute atomic E-state index is 0.0703. The number of thioether (sulfide) groups is 1. The third-order valence-corrected chi connectivity index (χ3v) is 5.88. The number of methoxy groups -OCH3 is 1. The number of hydrogen-bond donors (Lipinski definition) is 2.